The molecule has 1 amide bonds. The molecule has 3 rings (SSSR count). The van der Waals surface area contributed by atoms with Crippen molar-refractivity contribution in [3.63, 3.8) is 0 Å². The van der Waals surface area contributed by atoms with Crippen molar-refractivity contribution in [1.82, 2.24) is 10.2 Å². The normalized spacial score (nSPS) is 20.6. The van der Waals surface area contributed by atoms with Crippen molar-refractivity contribution in [2.45, 2.75) is 44.6 Å². The molecular formula is C19H28N2O2. The number of carbonyl (C=O) groups excluding carboxylic acids is 1. The largest absolute Gasteiger partial charge is 0.496 e. The van der Waals surface area contributed by atoms with Gasteiger partial charge in [0.25, 0.3) is 0 Å². The average Bonchev–Trinajstić information content (AvgIpc) is 3.29. The Bertz CT molecular complexity index is 520. The van der Waals surface area contributed by atoms with E-state index in [1.54, 1.807) is 7.11 Å². The molecule has 1 atom stereocenters. The van der Waals surface area contributed by atoms with Crippen LogP contribution in [0, 0.1) is 5.92 Å². The Morgan fingerprint density at radius 3 is 2.61 bits per heavy atom. The van der Waals surface area contributed by atoms with Gasteiger partial charge in [0.2, 0.25) is 5.91 Å². The number of hydrogen-bond acceptors (Lipinski definition) is 3. The summed E-state index contributed by atoms with van der Waals surface area (Å²) in [5.41, 5.74) is 1.18. The molecular weight excluding hydrogens is 288 g/mol. The molecule has 1 N–H and O–H groups in total. The first kappa shape index (κ1) is 16.3. The lowest BCUT2D eigenvalue weighted by atomic mass is 10.0. The SMILES string of the molecule is COc1ccccc1C(CNC(=O)C1CCCC1)N1CCCC1. The minimum Gasteiger partial charge on any atom is -0.496 e. The topological polar surface area (TPSA) is 41.6 Å². The maximum Gasteiger partial charge on any atom is 0.223 e. The van der Waals surface area contributed by atoms with Gasteiger partial charge in [-0.1, -0.05) is 31.0 Å². The molecule has 0 spiro atoms. The van der Waals surface area contributed by atoms with Crippen LogP contribution in [0.5, 0.6) is 5.75 Å². The van der Waals surface area contributed by atoms with E-state index in [9.17, 15) is 4.79 Å². The number of methoxy groups -OCH3 is 1. The Hall–Kier alpha value is -1.55. The molecule has 0 radical (unpaired) electrons. The van der Waals surface area contributed by atoms with Crippen LogP contribution in [0.3, 0.4) is 0 Å². The second kappa shape index (κ2) is 7.82. The number of nitrogens with zero attached hydrogens (tertiary/aromatic N) is 1. The summed E-state index contributed by atoms with van der Waals surface area (Å²) in [6, 6.07) is 8.40. The van der Waals surface area contributed by atoms with Gasteiger partial charge in [-0.2, -0.15) is 0 Å². The second-order valence-electron chi connectivity index (χ2n) is 6.73. The summed E-state index contributed by atoms with van der Waals surface area (Å²) in [6.45, 7) is 2.87. The first-order chi connectivity index (χ1) is 11.3. The number of para-hydroxylation sites is 1. The average molecular weight is 316 g/mol. The molecule has 1 saturated heterocycles. The standard InChI is InChI=1S/C19H28N2O2/c1-23-18-11-5-4-10-16(18)17(21-12-6-7-13-21)14-20-19(22)15-8-2-3-9-15/h4-5,10-11,15,17H,2-3,6-9,12-14H2,1H3,(H,20,22). The third-order valence-electron chi connectivity index (χ3n) is 5.27. The molecule has 0 bridgehead atoms. The Balaban J connectivity index is 1.71. The van der Waals surface area contributed by atoms with Gasteiger partial charge in [-0.15, -0.1) is 0 Å². The van der Waals surface area contributed by atoms with Crippen LogP contribution in [0.25, 0.3) is 0 Å². The van der Waals surface area contributed by atoms with Crippen LogP contribution in [0.1, 0.15) is 50.1 Å². The van der Waals surface area contributed by atoms with Crippen LogP contribution in [-0.4, -0.2) is 37.6 Å². The highest BCUT2D eigenvalue weighted by molar-refractivity contribution is 5.78. The lowest BCUT2D eigenvalue weighted by Gasteiger charge is -2.29. The number of ether oxygens (including phenoxy) is 1. The zero-order valence-electron chi connectivity index (χ0n) is 14.1. The third-order valence-corrected chi connectivity index (χ3v) is 5.27. The first-order valence-corrected chi connectivity index (χ1v) is 8.94. The van der Waals surface area contributed by atoms with Crippen LogP contribution in [0.15, 0.2) is 24.3 Å². The number of likely N-dealkylation sites (tertiary alicyclic amines) is 1. The smallest absolute Gasteiger partial charge is 0.223 e. The van der Waals surface area contributed by atoms with E-state index in [0.29, 0.717) is 6.54 Å². The number of hydrogen-bond donors (Lipinski definition) is 1. The fourth-order valence-corrected chi connectivity index (χ4v) is 3.96. The predicted molar refractivity (Wildman–Crippen MR) is 91.5 cm³/mol. The van der Waals surface area contributed by atoms with E-state index in [1.807, 2.05) is 12.1 Å². The van der Waals surface area contributed by atoms with Crippen molar-refractivity contribution in [3.8, 4) is 5.75 Å². The van der Waals surface area contributed by atoms with Gasteiger partial charge in [0.15, 0.2) is 0 Å². The molecule has 1 aliphatic heterocycles. The lowest BCUT2D eigenvalue weighted by molar-refractivity contribution is -0.125. The number of benzene rings is 1. The van der Waals surface area contributed by atoms with E-state index in [2.05, 4.69) is 22.3 Å². The maximum absolute atomic E-state index is 12.4. The van der Waals surface area contributed by atoms with E-state index in [0.717, 1.165) is 31.7 Å². The minimum atomic E-state index is 0.207. The molecule has 126 valence electrons. The zero-order chi connectivity index (χ0) is 16.1. The van der Waals surface area contributed by atoms with Gasteiger partial charge >= 0.3 is 0 Å². The van der Waals surface area contributed by atoms with Crippen molar-refractivity contribution in [3.05, 3.63) is 29.8 Å². The Morgan fingerprint density at radius 1 is 1.22 bits per heavy atom. The van der Waals surface area contributed by atoms with Gasteiger partial charge < -0.3 is 10.1 Å². The summed E-state index contributed by atoms with van der Waals surface area (Å²) in [4.78, 5) is 14.9. The summed E-state index contributed by atoms with van der Waals surface area (Å²) in [5.74, 6) is 1.38. The Labute approximate surface area is 139 Å². The molecule has 2 aliphatic rings. The van der Waals surface area contributed by atoms with E-state index in [-0.39, 0.29) is 17.9 Å². The van der Waals surface area contributed by atoms with Gasteiger partial charge in [0.05, 0.1) is 13.2 Å². The van der Waals surface area contributed by atoms with Crippen molar-refractivity contribution < 1.29 is 9.53 Å². The fraction of sp³-hybridized carbons (Fsp3) is 0.632. The number of rotatable bonds is 6. The molecule has 23 heavy (non-hydrogen) atoms. The van der Waals surface area contributed by atoms with Crippen LogP contribution in [0.2, 0.25) is 0 Å². The molecule has 0 aromatic heterocycles. The van der Waals surface area contributed by atoms with Gasteiger partial charge in [-0.05, 0) is 44.8 Å². The van der Waals surface area contributed by atoms with Gasteiger partial charge in [0.1, 0.15) is 5.75 Å². The lowest BCUT2D eigenvalue weighted by Crippen LogP contribution is -2.39. The number of nitrogens with one attached hydrogen (secondary N) is 1. The van der Waals surface area contributed by atoms with Gasteiger partial charge in [-0.3, -0.25) is 9.69 Å². The van der Waals surface area contributed by atoms with Crippen molar-refractivity contribution in [2.75, 3.05) is 26.7 Å². The number of amides is 1. The summed E-state index contributed by atoms with van der Waals surface area (Å²) >= 11 is 0. The summed E-state index contributed by atoms with van der Waals surface area (Å²) < 4.78 is 5.55. The molecule has 4 heteroatoms. The molecule has 1 aromatic rings. The molecule has 4 nitrogen and oxygen atoms in total. The molecule has 1 unspecified atom stereocenters. The van der Waals surface area contributed by atoms with Crippen LogP contribution in [0.4, 0.5) is 0 Å². The second-order valence-corrected chi connectivity index (χ2v) is 6.73. The molecule has 2 fully saturated rings. The molecule has 1 heterocycles. The van der Waals surface area contributed by atoms with E-state index in [1.165, 1.54) is 31.2 Å². The van der Waals surface area contributed by atoms with E-state index < -0.39 is 0 Å². The molecule has 1 aromatic carbocycles. The highest BCUT2D eigenvalue weighted by Crippen LogP contribution is 2.31. The summed E-state index contributed by atoms with van der Waals surface area (Å²) in [6.07, 6.45) is 6.97. The Morgan fingerprint density at radius 2 is 1.91 bits per heavy atom. The van der Waals surface area contributed by atoms with Crippen LogP contribution >= 0.6 is 0 Å². The van der Waals surface area contributed by atoms with Gasteiger partial charge in [0, 0.05) is 18.0 Å². The first-order valence-electron chi connectivity index (χ1n) is 8.94. The van der Waals surface area contributed by atoms with Crippen LogP contribution < -0.4 is 10.1 Å². The maximum atomic E-state index is 12.4. The summed E-state index contributed by atoms with van der Waals surface area (Å²) in [7, 11) is 1.72. The van der Waals surface area contributed by atoms with Crippen molar-refractivity contribution in [2.24, 2.45) is 5.92 Å². The van der Waals surface area contributed by atoms with Crippen molar-refractivity contribution in [1.29, 1.82) is 0 Å². The molecule has 1 saturated carbocycles. The highest BCUT2D eigenvalue weighted by Gasteiger charge is 2.28. The quantitative estimate of drug-likeness (QED) is 0.876. The predicted octanol–water partition coefficient (Wildman–Crippen LogP) is 3.14. The molecule has 1 aliphatic carbocycles. The fourth-order valence-electron chi connectivity index (χ4n) is 3.96. The van der Waals surface area contributed by atoms with E-state index >= 15 is 0 Å². The van der Waals surface area contributed by atoms with Gasteiger partial charge in [-0.25, -0.2) is 0 Å². The third kappa shape index (κ3) is 3.86. The monoisotopic (exact) mass is 316 g/mol. The summed E-state index contributed by atoms with van der Waals surface area (Å²) in [5, 5.41) is 3.22. The minimum absolute atomic E-state index is 0.207. The Kier molecular flexibility index (Phi) is 5.55. The van der Waals surface area contributed by atoms with Crippen molar-refractivity contribution >= 4 is 5.91 Å². The number of carbonyl (C=O) groups is 1. The van der Waals surface area contributed by atoms with Crippen LogP contribution in [-0.2, 0) is 4.79 Å². The van der Waals surface area contributed by atoms with E-state index in [4.69, 9.17) is 4.74 Å². The highest BCUT2D eigenvalue weighted by atomic mass is 16.5. The zero-order valence-corrected chi connectivity index (χ0v) is 14.1.